The molecule has 4 heteroatoms. The van der Waals surface area contributed by atoms with Crippen LogP contribution in [0.2, 0.25) is 0 Å². The summed E-state index contributed by atoms with van der Waals surface area (Å²) in [4.78, 5) is 14.3. The van der Waals surface area contributed by atoms with E-state index in [9.17, 15) is 4.79 Å². The number of benzene rings is 1. The maximum Gasteiger partial charge on any atom is 0.251 e. The molecule has 0 atom stereocenters. The van der Waals surface area contributed by atoms with E-state index in [0.717, 1.165) is 48.2 Å². The topological polar surface area (TPSA) is 32.3 Å². The van der Waals surface area contributed by atoms with Crippen LogP contribution in [0, 0.1) is 6.92 Å². The van der Waals surface area contributed by atoms with Crippen molar-refractivity contribution in [1.82, 2.24) is 10.2 Å². The number of rotatable bonds is 7. The van der Waals surface area contributed by atoms with Crippen LogP contribution < -0.4 is 5.32 Å². The number of halogens is 1. The van der Waals surface area contributed by atoms with Crippen LogP contribution in [0.5, 0.6) is 0 Å². The van der Waals surface area contributed by atoms with Gasteiger partial charge in [0.2, 0.25) is 0 Å². The Bertz CT molecular complexity index is 396. The molecule has 1 N–H and O–H groups in total. The van der Waals surface area contributed by atoms with Crippen molar-refractivity contribution in [2.24, 2.45) is 0 Å². The summed E-state index contributed by atoms with van der Waals surface area (Å²) in [5, 5.41) is 2.97. The number of carbonyl (C=O) groups is 1. The lowest BCUT2D eigenvalue weighted by atomic mass is 10.1. The van der Waals surface area contributed by atoms with E-state index in [2.05, 4.69) is 40.0 Å². The van der Waals surface area contributed by atoms with Gasteiger partial charge in [0, 0.05) is 16.6 Å². The van der Waals surface area contributed by atoms with Crippen LogP contribution in [0.1, 0.15) is 36.2 Å². The van der Waals surface area contributed by atoms with Crippen molar-refractivity contribution < 1.29 is 4.79 Å². The smallest absolute Gasteiger partial charge is 0.251 e. The second-order valence-electron chi connectivity index (χ2n) is 4.65. The van der Waals surface area contributed by atoms with E-state index in [0.29, 0.717) is 0 Å². The highest BCUT2D eigenvalue weighted by atomic mass is 79.9. The van der Waals surface area contributed by atoms with Gasteiger partial charge in [0.15, 0.2) is 0 Å². The summed E-state index contributed by atoms with van der Waals surface area (Å²) < 4.78 is 0.945. The largest absolute Gasteiger partial charge is 0.352 e. The Morgan fingerprint density at radius 3 is 2.53 bits per heavy atom. The SMILES string of the molecule is CCN(CC)CCCNC(=O)c1cc(C)cc(Br)c1. The van der Waals surface area contributed by atoms with Crippen LogP contribution in [0.3, 0.4) is 0 Å². The first kappa shape index (κ1) is 16.2. The molecule has 0 fully saturated rings. The molecule has 0 saturated heterocycles. The van der Waals surface area contributed by atoms with Crippen LogP contribution in [-0.4, -0.2) is 37.0 Å². The average Bonchev–Trinajstić information content (AvgIpc) is 2.37. The number of amides is 1. The summed E-state index contributed by atoms with van der Waals surface area (Å²) in [6.45, 7) is 10.2. The van der Waals surface area contributed by atoms with Crippen molar-refractivity contribution in [3.8, 4) is 0 Å². The van der Waals surface area contributed by atoms with Crippen LogP contribution in [0.25, 0.3) is 0 Å². The van der Waals surface area contributed by atoms with E-state index < -0.39 is 0 Å². The second kappa shape index (κ2) is 8.33. The Labute approximate surface area is 124 Å². The van der Waals surface area contributed by atoms with Gasteiger partial charge < -0.3 is 10.2 Å². The second-order valence-corrected chi connectivity index (χ2v) is 5.57. The molecule has 0 bridgehead atoms. The molecular formula is C15H23BrN2O. The van der Waals surface area contributed by atoms with E-state index in [4.69, 9.17) is 0 Å². The fraction of sp³-hybridized carbons (Fsp3) is 0.533. The van der Waals surface area contributed by atoms with Gasteiger partial charge in [-0.15, -0.1) is 0 Å². The van der Waals surface area contributed by atoms with E-state index in [1.54, 1.807) is 0 Å². The minimum atomic E-state index is 0.00365. The molecule has 0 aliphatic carbocycles. The van der Waals surface area contributed by atoms with Crippen molar-refractivity contribution >= 4 is 21.8 Å². The molecule has 0 aromatic heterocycles. The van der Waals surface area contributed by atoms with Crippen molar-refractivity contribution in [1.29, 1.82) is 0 Å². The first-order chi connectivity index (χ1) is 9.06. The van der Waals surface area contributed by atoms with E-state index in [1.807, 2.05) is 25.1 Å². The van der Waals surface area contributed by atoms with Gasteiger partial charge in [0.05, 0.1) is 0 Å². The molecule has 1 amide bonds. The van der Waals surface area contributed by atoms with E-state index in [-0.39, 0.29) is 5.91 Å². The molecule has 3 nitrogen and oxygen atoms in total. The number of aryl methyl sites for hydroxylation is 1. The molecule has 0 heterocycles. The zero-order chi connectivity index (χ0) is 14.3. The number of hydrogen-bond acceptors (Lipinski definition) is 2. The minimum absolute atomic E-state index is 0.00365. The number of hydrogen-bond donors (Lipinski definition) is 1. The number of nitrogens with zero attached hydrogens (tertiary/aromatic N) is 1. The first-order valence-electron chi connectivity index (χ1n) is 6.84. The third kappa shape index (κ3) is 5.74. The molecule has 1 aromatic carbocycles. The fourth-order valence-corrected chi connectivity index (χ4v) is 2.62. The van der Waals surface area contributed by atoms with Gasteiger partial charge in [-0.1, -0.05) is 29.8 Å². The highest BCUT2D eigenvalue weighted by Crippen LogP contribution is 2.15. The third-order valence-corrected chi connectivity index (χ3v) is 3.59. The predicted molar refractivity (Wildman–Crippen MR) is 83.6 cm³/mol. The molecule has 106 valence electrons. The van der Waals surface area contributed by atoms with Gasteiger partial charge in [-0.05, 0) is 56.7 Å². The van der Waals surface area contributed by atoms with Crippen LogP contribution in [0.15, 0.2) is 22.7 Å². The minimum Gasteiger partial charge on any atom is -0.352 e. The zero-order valence-corrected chi connectivity index (χ0v) is 13.6. The van der Waals surface area contributed by atoms with Crippen LogP contribution in [0.4, 0.5) is 0 Å². The normalized spacial score (nSPS) is 10.8. The zero-order valence-electron chi connectivity index (χ0n) is 12.0. The molecule has 0 spiro atoms. The van der Waals surface area contributed by atoms with Gasteiger partial charge in [-0.3, -0.25) is 4.79 Å². The predicted octanol–water partition coefficient (Wildman–Crippen LogP) is 3.22. The quantitative estimate of drug-likeness (QED) is 0.780. The summed E-state index contributed by atoms with van der Waals surface area (Å²) >= 11 is 3.41. The van der Waals surface area contributed by atoms with Gasteiger partial charge in [-0.25, -0.2) is 0 Å². The average molecular weight is 327 g/mol. The van der Waals surface area contributed by atoms with E-state index in [1.165, 1.54) is 0 Å². The molecule has 1 rings (SSSR count). The maximum atomic E-state index is 12.0. The summed E-state index contributed by atoms with van der Waals surface area (Å²) in [6, 6.07) is 5.76. The number of nitrogens with one attached hydrogen (secondary N) is 1. The Kier molecular flexibility index (Phi) is 7.10. The molecule has 0 unspecified atom stereocenters. The summed E-state index contributed by atoms with van der Waals surface area (Å²) in [7, 11) is 0. The Balaban J connectivity index is 2.39. The monoisotopic (exact) mass is 326 g/mol. The van der Waals surface area contributed by atoms with Crippen LogP contribution in [-0.2, 0) is 0 Å². The summed E-state index contributed by atoms with van der Waals surface area (Å²) in [5.41, 5.74) is 1.80. The third-order valence-electron chi connectivity index (χ3n) is 3.14. The van der Waals surface area contributed by atoms with Gasteiger partial charge in [-0.2, -0.15) is 0 Å². The Hall–Kier alpha value is -0.870. The van der Waals surface area contributed by atoms with Crippen molar-refractivity contribution in [3.05, 3.63) is 33.8 Å². The molecular weight excluding hydrogens is 304 g/mol. The van der Waals surface area contributed by atoms with Gasteiger partial charge in [0.1, 0.15) is 0 Å². The van der Waals surface area contributed by atoms with Gasteiger partial charge in [0.25, 0.3) is 5.91 Å². The molecule has 0 aliphatic heterocycles. The van der Waals surface area contributed by atoms with Crippen molar-refractivity contribution in [2.45, 2.75) is 27.2 Å². The van der Waals surface area contributed by atoms with Crippen molar-refractivity contribution in [2.75, 3.05) is 26.2 Å². The van der Waals surface area contributed by atoms with Crippen LogP contribution >= 0.6 is 15.9 Å². The molecule has 0 radical (unpaired) electrons. The first-order valence-corrected chi connectivity index (χ1v) is 7.63. The molecule has 0 aliphatic rings. The lowest BCUT2D eigenvalue weighted by molar-refractivity contribution is 0.0951. The maximum absolute atomic E-state index is 12.0. The lowest BCUT2D eigenvalue weighted by Gasteiger charge is -2.17. The van der Waals surface area contributed by atoms with Gasteiger partial charge >= 0.3 is 0 Å². The summed E-state index contributed by atoms with van der Waals surface area (Å²) in [6.07, 6.45) is 0.987. The summed E-state index contributed by atoms with van der Waals surface area (Å²) in [5.74, 6) is 0.00365. The number of carbonyl (C=O) groups excluding carboxylic acids is 1. The standard InChI is InChI=1S/C15H23BrN2O/c1-4-18(5-2)8-6-7-17-15(19)13-9-12(3)10-14(16)11-13/h9-11H,4-8H2,1-3H3,(H,17,19). The highest BCUT2D eigenvalue weighted by molar-refractivity contribution is 9.10. The molecule has 19 heavy (non-hydrogen) atoms. The Morgan fingerprint density at radius 1 is 1.26 bits per heavy atom. The lowest BCUT2D eigenvalue weighted by Crippen LogP contribution is -2.29. The molecule has 1 aromatic rings. The Morgan fingerprint density at radius 2 is 1.95 bits per heavy atom. The fourth-order valence-electron chi connectivity index (χ4n) is 2.01. The van der Waals surface area contributed by atoms with E-state index >= 15 is 0 Å². The molecule has 0 saturated carbocycles. The van der Waals surface area contributed by atoms with Crippen molar-refractivity contribution in [3.63, 3.8) is 0 Å². The highest BCUT2D eigenvalue weighted by Gasteiger charge is 2.06.